The predicted molar refractivity (Wildman–Crippen MR) is 121 cm³/mol. The highest BCUT2D eigenvalue weighted by Crippen LogP contribution is 2.44. The summed E-state index contributed by atoms with van der Waals surface area (Å²) in [6.45, 7) is 1.99. The second-order valence-corrected chi connectivity index (χ2v) is 8.11. The van der Waals surface area contributed by atoms with E-state index in [9.17, 15) is 9.59 Å². The van der Waals surface area contributed by atoms with E-state index in [1.807, 2.05) is 79.7 Å². The molecule has 0 aliphatic carbocycles. The summed E-state index contributed by atoms with van der Waals surface area (Å²) >= 11 is 1.58. The van der Waals surface area contributed by atoms with Crippen LogP contribution >= 0.6 is 11.8 Å². The summed E-state index contributed by atoms with van der Waals surface area (Å²) in [5.74, 6) is 0.977. The largest absolute Gasteiger partial charge is 0.495 e. The van der Waals surface area contributed by atoms with Gasteiger partial charge in [0.1, 0.15) is 11.1 Å². The molecule has 1 aliphatic rings. The Labute approximate surface area is 180 Å². The number of methoxy groups -OCH3 is 1. The molecule has 4 rings (SSSR count). The molecule has 1 heterocycles. The minimum absolute atomic E-state index is 0.0475. The van der Waals surface area contributed by atoms with Crippen molar-refractivity contribution in [3.63, 3.8) is 0 Å². The number of hydrogen-bond donors (Lipinski definition) is 1. The van der Waals surface area contributed by atoms with Crippen LogP contribution < -0.4 is 15.0 Å². The lowest BCUT2D eigenvalue weighted by molar-refractivity contribution is -0.115. The number of nitrogens with zero attached hydrogens (tertiary/aromatic N) is 1. The van der Waals surface area contributed by atoms with Crippen molar-refractivity contribution in [2.24, 2.45) is 0 Å². The van der Waals surface area contributed by atoms with Crippen LogP contribution in [0.5, 0.6) is 5.75 Å². The van der Waals surface area contributed by atoms with Crippen LogP contribution in [0.2, 0.25) is 0 Å². The number of para-hydroxylation sites is 2. The Morgan fingerprint density at radius 1 is 1.03 bits per heavy atom. The topological polar surface area (TPSA) is 58.6 Å². The molecule has 1 saturated heterocycles. The number of aryl methyl sites for hydroxylation is 1. The smallest absolute Gasteiger partial charge is 0.255 e. The molecular weight excluding hydrogens is 396 g/mol. The Balaban J connectivity index is 1.53. The van der Waals surface area contributed by atoms with Crippen molar-refractivity contribution in [1.29, 1.82) is 0 Å². The molecule has 0 bridgehead atoms. The molecule has 0 spiro atoms. The van der Waals surface area contributed by atoms with Crippen molar-refractivity contribution in [3.8, 4) is 5.75 Å². The Hall–Kier alpha value is -3.25. The third-order valence-electron chi connectivity index (χ3n) is 4.98. The van der Waals surface area contributed by atoms with Crippen LogP contribution in [0.1, 0.15) is 26.9 Å². The monoisotopic (exact) mass is 418 g/mol. The Morgan fingerprint density at radius 2 is 1.73 bits per heavy atom. The molecule has 1 N–H and O–H groups in total. The van der Waals surface area contributed by atoms with Gasteiger partial charge in [-0.25, -0.2) is 0 Å². The van der Waals surface area contributed by atoms with Crippen LogP contribution in [0.4, 0.5) is 11.4 Å². The van der Waals surface area contributed by atoms with Crippen molar-refractivity contribution >= 4 is 35.0 Å². The lowest BCUT2D eigenvalue weighted by Crippen LogP contribution is -2.28. The molecule has 6 heteroatoms. The standard InChI is InChI=1S/C24H22N2O3S/c1-16-7-9-17(10-8-16)23(28)25-19-13-11-18(12-14-19)24-26(22(27)15-30-24)20-5-3-4-6-21(20)29-2/h3-14,24H,15H2,1-2H3,(H,25,28)/t24-/m1/s1. The van der Waals surface area contributed by atoms with Gasteiger partial charge in [0.05, 0.1) is 18.6 Å². The quantitative estimate of drug-likeness (QED) is 0.631. The van der Waals surface area contributed by atoms with Crippen LogP contribution in [-0.2, 0) is 4.79 Å². The Kier molecular flexibility index (Phi) is 5.77. The number of anilines is 2. The highest BCUT2D eigenvalue weighted by Gasteiger charge is 2.35. The van der Waals surface area contributed by atoms with Crippen LogP contribution in [0.25, 0.3) is 0 Å². The van der Waals surface area contributed by atoms with Crippen molar-refractivity contribution in [2.75, 3.05) is 23.1 Å². The van der Waals surface area contributed by atoms with Crippen molar-refractivity contribution < 1.29 is 14.3 Å². The number of benzene rings is 3. The SMILES string of the molecule is COc1ccccc1N1C(=O)CS[C@@H]1c1ccc(NC(=O)c2ccc(C)cc2)cc1. The van der Waals surface area contributed by atoms with E-state index in [-0.39, 0.29) is 17.2 Å². The normalized spacial score (nSPS) is 15.9. The third kappa shape index (κ3) is 4.04. The average Bonchev–Trinajstić information content (AvgIpc) is 3.15. The molecule has 5 nitrogen and oxygen atoms in total. The first kappa shape index (κ1) is 20.0. The fourth-order valence-electron chi connectivity index (χ4n) is 3.40. The molecular formula is C24H22N2O3S. The first-order valence-electron chi connectivity index (χ1n) is 9.61. The number of carbonyl (C=O) groups excluding carboxylic acids is 2. The third-order valence-corrected chi connectivity index (χ3v) is 6.19. The Morgan fingerprint density at radius 3 is 2.43 bits per heavy atom. The van der Waals surface area contributed by atoms with Gasteiger partial charge in [-0.3, -0.25) is 14.5 Å². The van der Waals surface area contributed by atoms with E-state index in [1.165, 1.54) is 0 Å². The molecule has 0 unspecified atom stereocenters. The van der Waals surface area contributed by atoms with Crippen molar-refractivity contribution in [2.45, 2.75) is 12.3 Å². The van der Waals surface area contributed by atoms with E-state index in [0.717, 1.165) is 16.8 Å². The number of hydrogen-bond acceptors (Lipinski definition) is 4. The van der Waals surface area contributed by atoms with E-state index < -0.39 is 0 Å². The minimum atomic E-state index is -0.149. The highest BCUT2D eigenvalue weighted by molar-refractivity contribution is 8.00. The number of rotatable bonds is 5. The van der Waals surface area contributed by atoms with Crippen LogP contribution in [0, 0.1) is 6.92 Å². The number of ether oxygens (including phenoxy) is 1. The molecule has 2 amide bonds. The molecule has 3 aromatic rings. The summed E-state index contributed by atoms with van der Waals surface area (Å²) in [6.07, 6.45) is 0. The van der Waals surface area contributed by atoms with Gasteiger partial charge in [-0.15, -0.1) is 11.8 Å². The average molecular weight is 419 g/mol. The van der Waals surface area contributed by atoms with Gasteiger partial charge in [-0.05, 0) is 48.9 Å². The Bertz CT molecular complexity index is 1060. The maximum absolute atomic E-state index is 12.6. The zero-order valence-corrected chi connectivity index (χ0v) is 17.6. The lowest BCUT2D eigenvalue weighted by atomic mass is 10.1. The molecule has 0 saturated carbocycles. The molecule has 152 valence electrons. The molecule has 1 fully saturated rings. The maximum atomic E-state index is 12.6. The van der Waals surface area contributed by atoms with E-state index in [1.54, 1.807) is 23.8 Å². The lowest BCUT2D eigenvalue weighted by Gasteiger charge is -2.26. The van der Waals surface area contributed by atoms with Gasteiger partial charge in [0, 0.05) is 11.3 Å². The molecule has 1 aliphatic heterocycles. The van der Waals surface area contributed by atoms with E-state index in [4.69, 9.17) is 4.74 Å². The van der Waals surface area contributed by atoms with Gasteiger partial charge in [-0.2, -0.15) is 0 Å². The fourth-order valence-corrected chi connectivity index (χ4v) is 4.57. The van der Waals surface area contributed by atoms with Crippen molar-refractivity contribution in [3.05, 3.63) is 89.5 Å². The van der Waals surface area contributed by atoms with Gasteiger partial charge in [0.2, 0.25) is 5.91 Å². The summed E-state index contributed by atoms with van der Waals surface area (Å²) in [6, 6.07) is 22.6. The minimum Gasteiger partial charge on any atom is -0.495 e. The van der Waals surface area contributed by atoms with Gasteiger partial charge < -0.3 is 10.1 Å². The maximum Gasteiger partial charge on any atom is 0.255 e. The van der Waals surface area contributed by atoms with Crippen LogP contribution in [0.15, 0.2) is 72.8 Å². The number of nitrogens with one attached hydrogen (secondary N) is 1. The summed E-state index contributed by atoms with van der Waals surface area (Å²) in [4.78, 5) is 26.8. The first-order chi connectivity index (χ1) is 14.6. The summed E-state index contributed by atoms with van der Waals surface area (Å²) in [7, 11) is 1.60. The van der Waals surface area contributed by atoms with Crippen LogP contribution in [0.3, 0.4) is 0 Å². The van der Waals surface area contributed by atoms with E-state index in [0.29, 0.717) is 22.8 Å². The van der Waals surface area contributed by atoms with Gasteiger partial charge in [0.15, 0.2) is 0 Å². The van der Waals surface area contributed by atoms with Crippen molar-refractivity contribution in [1.82, 2.24) is 0 Å². The molecule has 1 atom stereocenters. The second-order valence-electron chi connectivity index (χ2n) is 7.04. The summed E-state index contributed by atoms with van der Waals surface area (Å²) < 4.78 is 5.45. The van der Waals surface area contributed by atoms with E-state index >= 15 is 0 Å². The molecule has 0 aromatic heterocycles. The molecule has 0 radical (unpaired) electrons. The highest BCUT2D eigenvalue weighted by atomic mass is 32.2. The van der Waals surface area contributed by atoms with E-state index in [2.05, 4.69) is 5.32 Å². The van der Waals surface area contributed by atoms with Crippen LogP contribution in [-0.4, -0.2) is 24.7 Å². The first-order valence-corrected chi connectivity index (χ1v) is 10.7. The van der Waals surface area contributed by atoms with Gasteiger partial charge in [-0.1, -0.05) is 42.0 Å². The molecule has 30 heavy (non-hydrogen) atoms. The van der Waals surface area contributed by atoms with Gasteiger partial charge >= 0.3 is 0 Å². The number of amides is 2. The summed E-state index contributed by atoms with van der Waals surface area (Å²) in [5.41, 5.74) is 4.19. The fraction of sp³-hybridized carbons (Fsp3) is 0.167. The molecule has 3 aromatic carbocycles. The summed E-state index contributed by atoms with van der Waals surface area (Å²) in [5, 5.41) is 2.78. The zero-order chi connectivity index (χ0) is 21.1. The predicted octanol–water partition coefficient (Wildman–Crippen LogP) is 5.03. The number of carbonyl (C=O) groups is 2. The number of thioether (sulfide) groups is 1. The second kappa shape index (κ2) is 8.63. The van der Waals surface area contributed by atoms with Gasteiger partial charge in [0.25, 0.3) is 5.91 Å². The zero-order valence-electron chi connectivity index (χ0n) is 16.8.